The highest BCUT2D eigenvalue weighted by atomic mass is 16.3. The van der Waals surface area contributed by atoms with Crippen molar-refractivity contribution >= 4 is 5.91 Å². The Morgan fingerprint density at radius 3 is 2.37 bits per heavy atom. The van der Waals surface area contributed by atoms with Crippen LogP contribution < -0.4 is 5.32 Å². The third-order valence-electron chi connectivity index (χ3n) is 4.42. The molecule has 4 heteroatoms. The van der Waals surface area contributed by atoms with Crippen LogP contribution in [0.15, 0.2) is 0 Å². The molecule has 112 valence electrons. The number of carbonyl (C=O) groups excluding carboxylic acids is 1. The van der Waals surface area contributed by atoms with E-state index in [1.54, 1.807) is 0 Å². The van der Waals surface area contributed by atoms with Crippen LogP contribution in [0.1, 0.15) is 59.3 Å². The molecule has 1 aliphatic carbocycles. The molecule has 19 heavy (non-hydrogen) atoms. The van der Waals surface area contributed by atoms with E-state index in [1.165, 1.54) is 19.3 Å². The van der Waals surface area contributed by atoms with E-state index in [-0.39, 0.29) is 24.9 Å². The Balaban J connectivity index is 2.56. The Morgan fingerprint density at radius 2 is 1.89 bits per heavy atom. The lowest BCUT2D eigenvalue weighted by atomic mass is 9.76. The minimum atomic E-state index is -0.616. The largest absolute Gasteiger partial charge is 0.394 e. The molecule has 1 rings (SSSR count). The second kappa shape index (κ2) is 7.25. The summed E-state index contributed by atoms with van der Waals surface area (Å²) in [6.07, 6.45) is 5.20. The van der Waals surface area contributed by atoms with Gasteiger partial charge in [0.25, 0.3) is 0 Å². The van der Waals surface area contributed by atoms with Crippen LogP contribution in [0.4, 0.5) is 0 Å². The lowest BCUT2D eigenvalue weighted by Gasteiger charge is -2.39. The molecular weight excluding hydrogens is 242 g/mol. The topological polar surface area (TPSA) is 69.6 Å². The smallest absolute Gasteiger partial charge is 0.223 e. The monoisotopic (exact) mass is 271 g/mol. The van der Waals surface area contributed by atoms with E-state index >= 15 is 0 Å². The molecule has 0 unspecified atom stereocenters. The SMILES string of the molecule is CC(C)[C@@H](O)CC(=O)N[C@@](C)(CO)C1CCCCC1. The number of carbonyl (C=O) groups is 1. The number of hydrogen-bond acceptors (Lipinski definition) is 3. The Morgan fingerprint density at radius 1 is 1.32 bits per heavy atom. The molecule has 0 heterocycles. The first-order valence-corrected chi connectivity index (χ1v) is 7.49. The van der Waals surface area contributed by atoms with Gasteiger partial charge in [0.05, 0.1) is 24.7 Å². The Labute approximate surface area is 116 Å². The summed E-state index contributed by atoms with van der Waals surface area (Å²) in [6.45, 7) is 5.67. The maximum atomic E-state index is 12.0. The molecule has 0 aromatic rings. The van der Waals surface area contributed by atoms with Crippen LogP contribution in [-0.4, -0.2) is 34.4 Å². The van der Waals surface area contributed by atoms with Crippen molar-refractivity contribution in [2.45, 2.75) is 70.9 Å². The molecule has 0 spiro atoms. The highest BCUT2D eigenvalue weighted by Gasteiger charge is 2.36. The minimum Gasteiger partial charge on any atom is -0.394 e. The molecule has 0 aromatic carbocycles. The number of aliphatic hydroxyl groups is 2. The fourth-order valence-electron chi connectivity index (χ4n) is 2.81. The van der Waals surface area contributed by atoms with Gasteiger partial charge in [-0.1, -0.05) is 33.1 Å². The molecule has 3 N–H and O–H groups in total. The van der Waals surface area contributed by atoms with E-state index in [4.69, 9.17) is 0 Å². The average molecular weight is 271 g/mol. The third-order valence-corrected chi connectivity index (χ3v) is 4.42. The molecule has 1 saturated carbocycles. The molecular formula is C15H29NO3. The van der Waals surface area contributed by atoms with E-state index in [2.05, 4.69) is 5.32 Å². The van der Waals surface area contributed by atoms with Gasteiger partial charge < -0.3 is 15.5 Å². The first-order valence-electron chi connectivity index (χ1n) is 7.49. The molecule has 1 fully saturated rings. The summed E-state index contributed by atoms with van der Waals surface area (Å²) in [4.78, 5) is 12.0. The maximum absolute atomic E-state index is 12.0. The van der Waals surface area contributed by atoms with Gasteiger partial charge in [-0.2, -0.15) is 0 Å². The van der Waals surface area contributed by atoms with Gasteiger partial charge in [-0.05, 0) is 31.6 Å². The number of aliphatic hydroxyl groups excluding tert-OH is 2. The lowest BCUT2D eigenvalue weighted by molar-refractivity contribution is -0.127. The zero-order valence-electron chi connectivity index (χ0n) is 12.5. The lowest BCUT2D eigenvalue weighted by Crippen LogP contribution is -2.55. The number of hydrogen-bond donors (Lipinski definition) is 3. The summed E-state index contributed by atoms with van der Waals surface area (Å²) in [5.74, 6) is 0.246. The van der Waals surface area contributed by atoms with Crippen molar-refractivity contribution in [1.29, 1.82) is 0 Å². The standard InChI is InChI=1S/C15H29NO3/c1-11(2)13(18)9-14(19)16-15(3,10-17)12-7-5-4-6-8-12/h11-13,17-18H,4-10H2,1-3H3,(H,16,19)/t13-,15-/m0/s1. The quantitative estimate of drug-likeness (QED) is 0.690. The summed E-state index contributed by atoms with van der Waals surface area (Å²) in [5.41, 5.74) is -0.547. The van der Waals surface area contributed by atoms with Crippen LogP contribution in [-0.2, 0) is 4.79 Å². The highest BCUT2D eigenvalue weighted by Crippen LogP contribution is 2.32. The molecule has 0 aliphatic heterocycles. The molecule has 1 amide bonds. The average Bonchev–Trinajstić information content (AvgIpc) is 2.39. The van der Waals surface area contributed by atoms with E-state index in [1.807, 2.05) is 20.8 Å². The predicted octanol–water partition coefficient (Wildman–Crippen LogP) is 1.84. The van der Waals surface area contributed by atoms with Gasteiger partial charge >= 0.3 is 0 Å². The first kappa shape index (κ1) is 16.4. The van der Waals surface area contributed by atoms with Crippen molar-refractivity contribution < 1.29 is 15.0 Å². The van der Waals surface area contributed by atoms with Gasteiger partial charge in [-0.15, -0.1) is 0 Å². The predicted molar refractivity (Wildman–Crippen MR) is 75.7 cm³/mol. The van der Waals surface area contributed by atoms with Crippen molar-refractivity contribution in [2.75, 3.05) is 6.61 Å². The molecule has 2 atom stereocenters. The van der Waals surface area contributed by atoms with E-state index in [0.717, 1.165) is 12.8 Å². The third kappa shape index (κ3) is 4.77. The van der Waals surface area contributed by atoms with Crippen LogP contribution in [0.3, 0.4) is 0 Å². The second-order valence-electron chi connectivity index (χ2n) is 6.47. The zero-order valence-corrected chi connectivity index (χ0v) is 12.5. The number of amides is 1. The van der Waals surface area contributed by atoms with Crippen molar-refractivity contribution in [3.63, 3.8) is 0 Å². The number of rotatable bonds is 6. The molecule has 4 nitrogen and oxygen atoms in total. The van der Waals surface area contributed by atoms with Crippen LogP contribution in [0.25, 0.3) is 0 Å². The molecule has 0 bridgehead atoms. The van der Waals surface area contributed by atoms with Crippen molar-refractivity contribution in [1.82, 2.24) is 5.32 Å². The van der Waals surface area contributed by atoms with E-state index < -0.39 is 11.6 Å². The van der Waals surface area contributed by atoms with Crippen LogP contribution >= 0.6 is 0 Å². The molecule has 0 aromatic heterocycles. The molecule has 1 aliphatic rings. The molecule has 0 saturated heterocycles. The summed E-state index contributed by atoms with van der Waals surface area (Å²) in [5, 5.41) is 22.4. The van der Waals surface area contributed by atoms with Crippen molar-refractivity contribution in [2.24, 2.45) is 11.8 Å². The van der Waals surface area contributed by atoms with Crippen molar-refractivity contribution in [3.8, 4) is 0 Å². The maximum Gasteiger partial charge on any atom is 0.223 e. The van der Waals surface area contributed by atoms with Gasteiger partial charge in [0.1, 0.15) is 0 Å². The highest BCUT2D eigenvalue weighted by molar-refractivity contribution is 5.77. The summed E-state index contributed by atoms with van der Waals surface area (Å²) in [6, 6.07) is 0. The van der Waals surface area contributed by atoms with Gasteiger partial charge in [-0.3, -0.25) is 4.79 Å². The Hall–Kier alpha value is -0.610. The summed E-state index contributed by atoms with van der Waals surface area (Å²) in [7, 11) is 0. The van der Waals surface area contributed by atoms with Crippen LogP contribution in [0, 0.1) is 11.8 Å². The van der Waals surface area contributed by atoms with Crippen LogP contribution in [0.2, 0.25) is 0 Å². The van der Waals surface area contributed by atoms with Gasteiger partial charge in [-0.25, -0.2) is 0 Å². The van der Waals surface area contributed by atoms with Crippen molar-refractivity contribution in [3.05, 3.63) is 0 Å². The Bertz CT molecular complexity index is 287. The fraction of sp³-hybridized carbons (Fsp3) is 0.933. The second-order valence-corrected chi connectivity index (χ2v) is 6.47. The number of nitrogens with one attached hydrogen (secondary N) is 1. The van der Waals surface area contributed by atoms with Gasteiger partial charge in [0, 0.05) is 0 Å². The van der Waals surface area contributed by atoms with E-state index in [0.29, 0.717) is 5.92 Å². The normalized spacial score (nSPS) is 22.0. The van der Waals surface area contributed by atoms with Gasteiger partial charge in [0.2, 0.25) is 5.91 Å². The van der Waals surface area contributed by atoms with Crippen LogP contribution in [0.5, 0.6) is 0 Å². The summed E-state index contributed by atoms with van der Waals surface area (Å²) >= 11 is 0. The molecule has 0 radical (unpaired) electrons. The van der Waals surface area contributed by atoms with E-state index in [9.17, 15) is 15.0 Å². The van der Waals surface area contributed by atoms with Gasteiger partial charge in [0.15, 0.2) is 0 Å². The zero-order chi connectivity index (χ0) is 14.5. The fourth-order valence-corrected chi connectivity index (χ4v) is 2.81. The minimum absolute atomic E-state index is 0.0405. The summed E-state index contributed by atoms with van der Waals surface area (Å²) < 4.78 is 0. The first-order chi connectivity index (χ1) is 8.89. The Kier molecular flexibility index (Phi) is 6.27.